The molecule has 67 heavy (non-hydrogen) atoms. The van der Waals surface area contributed by atoms with Crippen molar-refractivity contribution in [1.29, 1.82) is 0 Å². The number of rotatable bonds is 11. The van der Waals surface area contributed by atoms with Crippen LogP contribution in [0, 0.1) is 62.6 Å². The number of Topliss-reactive ketones (excluding diaryl/α,β-unsaturated/α-hetero) is 1. The van der Waals surface area contributed by atoms with Gasteiger partial charge < -0.3 is 47.7 Å². The molecule has 378 valence electrons. The fraction of sp³-hybridized carbons (Fsp3) is 0.904. The van der Waals surface area contributed by atoms with Crippen molar-refractivity contribution < 1.29 is 71.7 Å². The predicted molar refractivity (Wildman–Crippen MR) is 240 cm³/mol. The fourth-order valence-corrected chi connectivity index (χ4v) is 16.2. The molecule has 3 unspecified atom stereocenters. The Labute approximate surface area is 397 Å². The van der Waals surface area contributed by atoms with Crippen LogP contribution >= 0.6 is 0 Å². The number of hydrogen-bond acceptors (Lipinski definition) is 15. The molecule has 15 nitrogen and oxygen atoms in total. The molecule has 0 aromatic rings. The first-order chi connectivity index (χ1) is 31.0. The predicted octanol–water partition coefficient (Wildman–Crippen LogP) is 7.04. The van der Waals surface area contributed by atoms with Gasteiger partial charge in [0.1, 0.15) is 24.6 Å². The number of carbonyl (C=O) groups is 5. The highest BCUT2D eigenvalue weighted by atomic mass is 16.7. The summed E-state index contributed by atoms with van der Waals surface area (Å²) in [5.74, 6) is -2.67. The lowest BCUT2D eigenvalue weighted by atomic mass is 9.41. The molecule has 5 saturated carbocycles. The highest BCUT2D eigenvalue weighted by Gasteiger charge is 2.85. The smallest absolute Gasteiger partial charge is 0.303 e. The molecule has 0 radical (unpaired) electrons. The van der Waals surface area contributed by atoms with Gasteiger partial charge in [0.25, 0.3) is 0 Å². The maximum absolute atomic E-state index is 14.9. The van der Waals surface area contributed by atoms with Gasteiger partial charge in [-0.3, -0.25) is 24.0 Å². The second kappa shape index (κ2) is 17.3. The number of fused-ring (bicyclic) bond motifs is 2. The molecule has 20 atom stereocenters. The van der Waals surface area contributed by atoms with Gasteiger partial charge in [-0.25, -0.2) is 0 Å². The maximum atomic E-state index is 14.9. The molecule has 1 N–H and O–H groups in total. The van der Waals surface area contributed by atoms with Crippen molar-refractivity contribution in [3.05, 3.63) is 0 Å². The van der Waals surface area contributed by atoms with Crippen molar-refractivity contribution in [2.24, 2.45) is 62.6 Å². The molecule has 3 aliphatic heterocycles. The van der Waals surface area contributed by atoms with Gasteiger partial charge >= 0.3 is 23.9 Å². The van der Waals surface area contributed by atoms with Gasteiger partial charge in [-0.05, 0) is 117 Å². The number of esters is 4. The van der Waals surface area contributed by atoms with E-state index in [1.165, 1.54) is 27.7 Å². The van der Waals surface area contributed by atoms with Crippen LogP contribution < -0.4 is 0 Å². The standard InChI is InChI=1S/C52H80O15/c1-26-23-60-45(40(27(26)2)62-31(6)55)66-37-16-18-52-25-51(52)20-19-48(12)42(50(14)17-15-38(67-50)47(10,11)58)33(57)22-49(48,13)36(51)21-34(43(52)46(37,8)9)64-44-28(3)39(61-30(5)54)41(63-32(7)56)35(65-44)24-59-29(4)53/h26-28,34-45,58H,15-25H2,1-14H3/t26-,27+,28-,34+,35-,36+,37?,38+,39-,40-,41-,42+,43+,44?,45+,48-,49+,50-,51+,52?/m1/s1. The second-order valence-electron chi connectivity index (χ2n) is 24.4. The van der Waals surface area contributed by atoms with Gasteiger partial charge in [0.2, 0.25) is 0 Å². The van der Waals surface area contributed by atoms with E-state index in [1.54, 1.807) is 13.8 Å². The average Bonchev–Trinajstić information content (AvgIpc) is 3.57. The Bertz CT molecular complexity index is 1960. The first-order valence-electron chi connectivity index (χ1n) is 25.2. The van der Waals surface area contributed by atoms with E-state index in [4.69, 9.17) is 42.6 Å². The van der Waals surface area contributed by atoms with Crippen LogP contribution in [0.4, 0.5) is 0 Å². The lowest BCUT2D eigenvalue weighted by Crippen LogP contribution is -2.65. The normalized spacial score (nSPS) is 48.8. The molecule has 0 bridgehead atoms. The molecule has 8 fully saturated rings. The summed E-state index contributed by atoms with van der Waals surface area (Å²) in [6, 6.07) is 0. The Morgan fingerprint density at radius 3 is 2.00 bits per heavy atom. The molecule has 0 aromatic carbocycles. The van der Waals surface area contributed by atoms with Crippen molar-refractivity contribution in [2.45, 2.75) is 221 Å². The molecule has 0 aromatic heterocycles. The Kier molecular flexibility index (Phi) is 13.1. The van der Waals surface area contributed by atoms with Crippen molar-refractivity contribution in [3.8, 4) is 0 Å². The van der Waals surface area contributed by atoms with Crippen LogP contribution in [0.3, 0.4) is 0 Å². The third-order valence-corrected chi connectivity index (χ3v) is 19.6. The van der Waals surface area contributed by atoms with Gasteiger partial charge in [0, 0.05) is 46.0 Å². The molecule has 2 spiro atoms. The van der Waals surface area contributed by atoms with Crippen LogP contribution in [0.5, 0.6) is 0 Å². The molecule has 0 amide bonds. The van der Waals surface area contributed by atoms with Gasteiger partial charge in [0.05, 0.1) is 42.0 Å². The van der Waals surface area contributed by atoms with Gasteiger partial charge in [-0.15, -0.1) is 0 Å². The Morgan fingerprint density at radius 1 is 0.746 bits per heavy atom. The summed E-state index contributed by atoms with van der Waals surface area (Å²) in [5.41, 5.74) is -3.36. The first-order valence-corrected chi connectivity index (χ1v) is 25.2. The molecule has 8 aliphatic rings. The van der Waals surface area contributed by atoms with E-state index in [0.29, 0.717) is 32.3 Å². The second-order valence-corrected chi connectivity index (χ2v) is 24.4. The van der Waals surface area contributed by atoms with Crippen LogP contribution in [0.1, 0.15) is 155 Å². The lowest BCUT2D eigenvalue weighted by molar-refractivity contribution is -0.329. The summed E-state index contributed by atoms with van der Waals surface area (Å²) in [5, 5.41) is 11.1. The fourth-order valence-electron chi connectivity index (χ4n) is 16.2. The number of hydrogen-bond donors (Lipinski definition) is 1. The van der Waals surface area contributed by atoms with Crippen LogP contribution in [0.15, 0.2) is 0 Å². The van der Waals surface area contributed by atoms with Crippen molar-refractivity contribution in [3.63, 3.8) is 0 Å². The van der Waals surface area contributed by atoms with Crippen molar-refractivity contribution in [1.82, 2.24) is 0 Å². The average molecular weight is 945 g/mol. The van der Waals surface area contributed by atoms with Crippen LogP contribution in [-0.4, -0.2) is 114 Å². The summed E-state index contributed by atoms with van der Waals surface area (Å²) in [6.45, 7) is 26.3. The highest BCUT2D eigenvalue weighted by Crippen LogP contribution is 2.89. The van der Waals surface area contributed by atoms with E-state index >= 15 is 0 Å². The third-order valence-electron chi connectivity index (χ3n) is 19.6. The third kappa shape index (κ3) is 8.20. The molecule has 3 saturated heterocycles. The summed E-state index contributed by atoms with van der Waals surface area (Å²) in [6.07, 6.45) is 0.322. The number of ether oxygens (including phenoxy) is 9. The van der Waals surface area contributed by atoms with Crippen molar-refractivity contribution >= 4 is 29.7 Å². The van der Waals surface area contributed by atoms with Gasteiger partial charge in [-0.1, -0.05) is 48.5 Å². The zero-order valence-electron chi connectivity index (χ0n) is 42.6. The van der Waals surface area contributed by atoms with Gasteiger partial charge in [0.15, 0.2) is 24.8 Å². The van der Waals surface area contributed by atoms with Crippen LogP contribution in [-0.2, 0) is 66.6 Å². The van der Waals surface area contributed by atoms with Crippen LogP contribution in [0.2, 0.25) is 0 Å². The van der Waals surface area contributed by atoms with E-state index in [-0.39, 0.29) is 71.0 Å². The largest absolute Gasteiger partial charge is 0.463 e. The highest BCUT2D eigenvalue weighted by molar-refractivity contribution is 5.87. The van der Waals surface area contributed by atoms with E-state index in [0.717, 1.165) is 32.1 Å². The minimum Gasteiger partial charge on any atom is -0.463 e. The van der Waals surface area contributed by atoms with Gasteiger partial charge in [-0.2, -0.15) is 0 Å². The maximum Gasteiger partial charge on any atom is 0.303 e. The molecule has 3 heterocycles. The molecule has 5 aliphatic carbocycles. The lowest BCUT2D eigenvalue weighted by Gasteiger charge is -2.65. The van der Waals surface area contributed by atoms with Crippen molar-refractivity contribution in [2.75, 3.05) is 13.2 Å². The Balaban J connectivity index is 1.18. The minimum absolute atomic E-state index is 0.0119. The summed E-state index contributed by atoms with van der Waals surface area (Å²) in [4.78, 5) is 64.8. The zero-order valence-corrected chi connectivity index (χ0v) is 42.6. The summed E-state index contributed by atoms with van der Waals surface area (Å²) < 4.78 is 57.6. The number of carbonyl (C=O) groups excluding carboxylic acids is 5. The Hall–Kier alpha value is -2.69. The summed E-state index contributed by atoms with van der Waals surface area (Å²) in [7, 11) is 0. The number of aliphatic hydroxyl groups is 1. The monoisotopic (exact) mass is 945 g/mol. The van der Waals surface area contributed by atoms with E-state index in [1.807, 2.05) is 6.92 Å². The Morgan fingerprint density at radius 2 is 1.39 bits per heavy atom. The van der Waals surface area contributed by atoms with E-state index < -0.39 is 94.4 Å². The molecular formula is C52H80O15. The minimum atomic E-state index is -1.08. The van der Waals surface area contributed by atoms with E-state index in [2.05, 4.69) is 48.5 Å². The molecule has 8 rings (SSSR count). The molecule has 15 heteroatoms. The van der Waals surface area contributed by atoms with Crippen LogP contribution in [0.25, 0.3) is 0 Å². The SMILES string of the molecule is CC(=O)OC[C@H]1OC(O[C@H]2C[C@@H]3[C@]4(CC[C@]5(C)[C@@H]([C@@]6(C)CC[C@@H](C(C)(C)O)O6)C(=O)C[C@@]35C)CC43CCC(O[C@@H]4OC[C@@H](C)[C@H](C)[C@H]4OC(C)=O)C(C)(C)[C@H]23)[C@H](C)[C@@H](OC(C)=O)[C@@H]1OC(C)=O. The number of ketones is 1. The summed E-state index contributed by atoms with van der Waals surface area (Å²) >= 11 is 0. The quantitative estimate of drug-likeness (QED) is 0.126. The molecular weight excluding hydrogens is 865 g/mol. The van der Waals surface area contributed by atoms with E-state index in [9.17, 15) is 29.1 Å². The first kappa shape index (κ1) is 50.7. The topological polar surface area (TPSA) is 189 Å². The zero-order chi connectivity index (χ0) is 49.2.